The topological polar surface area (TPSA) is 181 Å². The Bertz CT molecular complexity index is 1990. The quantitative estimate of drug-likeness (QED) is 0.0442. The number of carbonyl (C=O) groups is 4. The number of aryl methyl sites for hydroxylation is 1. The molecule has 0 spiro atoms. The molecule has 2 aromatic rings. The van der Waals surface area contributed by atoms with E-state index in [2.05, 4.69) is 37.7 Å². The number of aliphatic hydroxyl groups is 1. The molecule has 9 atom stereocenters. The monoisotopic (exact) mass is 1200 g/mol. The molecule has 2 saturated carbocycles. The number of esters is 1. The normalized spacial score (nSPS) is 27.0. The third-order valence-electron chi connectivity index (χ3n) is 15.6. The number of nitrogens with two attached hydrogens (primary N) is 1. The first-order valence-corrected chi connectivity index (χ1v) is 26.4. The molecule has 13 heteroatoms. The number of hydrogen-bond donors (Lipinski definition) is 3. The zero-order chi connectivity index (χ0) is 50.5. The molecule has 12 nitrogen and oxygen atoms in total. The predicted octanol–water partition coefficient (Wildman–Crippen LogP) is 11.7. The van der Waals surface area contributed by atoms with E-state index in [-0.39, 0.29) is 110 Å². The summed E-state index contributed by atoms with van der Waals surface area (Å²) in [5, 5.41) is 19.5. The van der Waals surface area contributed by atoms with Gasteiger partial charge < -0.3 is 44.4 Å². The summed E-state index contributed by atoms with van der Waals surface area (Å²) in [6.45, 7) is 11.8. The molecule has 4 fully saturated rings. The number of rotatable bonds is 22. The van der Waals surface area contributed by atoms with Crippen molar-refractivity contribution in [1.29, 1.82) is 0 Å². The van der Waals surface area contributed by atoms with Gasteiger partial charge in [-0.2, -0.15) is 17.6 Å². The molecule has 5 aliphatic rings. The van der Waals surface area contributed by atoms with E-state index in [0.717, 1.165) is 42.4 Å². The maximum atomic E-state index is 13.7. The van der Waals surface area contributed by atoms with Gasteiger partial charge in [0.2, 0.25) is 5.91 Å². The van der Waals surface area contributed by atoms with Gasteiger partial charge in [-0.05, 0) is 92.7 Å². The van der Waals surface area contributed by atoms with E-state index in [9.17, 15) is 24.3 Å². The first-order valence-electron chi connectivity index (χ1n) is 26.4. The Morgan fingerprint density at radius 2 is 1.45 bits per heavy atom. The molecule has 1 radical (unpaired) electrons. The number of carboxylic acid groups (broad SMARTS) is 1. The summed E-state index contributed by atoms with van der Waals surface area (Å²) < 4.78 is 27.4. The number of primary amides is 1. The number of ether oxygens (including phenoxy) is 5. The van der Waals surface area contributed by atoms with Gasteiger partial charge in [-0.25, -0.2) is 4.79 Å². The SMILES string of the molecule is CC1=C2[CH-]C(=O)C3(C)C(O)CC4OCC4C3CC(C[C@@H]1OC(=O)CCc1ccccc1)C2(C)C.CCCCCCCC/C=C\CCCCCCCC1OCC(COC(=O)O)O1.NC(=O)c1ccccc1.[Ac]. The summed E-state index contributed by atoms with van der Waals surface area (Å²) in [5.74, 6) is 0.0559. The summed E-state index contributed by atoms with van der Waals surface area (Å²) in [4.78, 5) is 47.3. The molecule has 391 valence electrons. The Kier molecular flexibility index (Phi) is 26.4. The van der Waals surface area contributed by atoms with E-state index in [1.165, 1.54) is 77.0 Å². The summed E-state index contributed by atoms with van der Waals surface area (Å²) in [6.07, 6.45) is 24.6. The van der Waals surface area contributed by atoms with Crippen LogP contribution in [0.25, 0.3) is 0 Å². The Labute approximate surface area is 460 Å². The number of benzene rings is 2. The third-order valence-corrected chi connectivity index (χ3v) is 15.6. The number of fused-ring (bicyclic) bond motifs is 5. The van der Waals surface area contributed by atoms with Crippen molar-refractivity contribution in [3.05, 3.63) is 102 Å². The first kappa shape index (κ1) is 60.5. The molecule has 2 bridgehead atoms. The smallest absolute Gasteiger partial charge is 0.476 e. The second-order valence-electron chi connectivity index (χ2n) is 20.8. The van der Waals surface area contributed by atoms with Crippen LogP contribution >= 0.6 is 0 Å². The van der Waals surface area contributed by atoms with Gasteiger partial charge in [-0.1, -0.05) is 140 Å². The molecule has 0 aromatic heterocycles. The van der Waals surface area contributed by atoms with E-state index < -0.39 is 17.7 Å². The standard InChI is InChI=1S/C29H37O5.C22H40O5.C7H7NO.Ac/c1-17-21-14-25(30)29(4)22(20-16-33-24(20)15-26(29)31)12-19(28(21,2)3)13-23(17)34-27(32)11-10-18-8-6-5-7-9-18;1-2-3-4-5-6-7-8-9-10-11-12-13-14-15-16-17-21-25-18-20(27-21)19-26-22(23)24;8-7(9)6-4-2-1-3-5-6;/h5-9,14,19-20,22-24,26,31H,10-13,15-16H2,1-4H3;9-10,20-21H,2-8,11-19H2,1H3,(H,23,24);1-5H,(H2,8,9);/q-1;;;/b;10-9-;;/t19?,20?,22?,23-,24?,26?,29?;;;/m0.../s1. The summed E-state index contributed by atoms with van der Waals surface area (Å²) >= 11 is 0. The van der Waals surface area contributed by atoms with Crippen LogP contribution in [0.1, 0.15) is 166 Å². The minimum atomic E-state index is -1.26. The fourth-order valence-electron chi connectivity index (χ4n) is 10.9. The van der Waals surface area contributed by atoms with Gasteiger partial charge in [-0.15, -0.1) is 6.92 Å². The molecule has 8 unspecified atom stereocenters. The van der Waals surface area contributed by atoms with Crippen LogP contribution in [-0.2, 0) is 39.7 Å². The molecule has 71 heavy (non-hydrogen) atoms. The maximum absolute atomic E-state index is 13.7. The first-order chi connectivity index (χ1) is 33.6. The minimum absolute atomic E-state index is 0. The summed E-state index contributed by atoms with van der Waals surface area (Å²) in [6, 6.07) is 18.7. The van der Waals surface area contributed by atoms with E-state index in [4.69, 9.17) is 29.8 Å². The average molecular weight is 1200 g/mol. The second kappa shape index (κ2) is 31.0. The molecule has 2 aromatic carbocycles. The van der Waals surface area contributed by atoms with E-state index in [1.807, 2.05) is 50.2 Å². The molecule has 2 saturated heterocycles. The number of carbonyl (C=O) groups excluding carboxylic acids is 3. The van der Waals surface area contributed by atoms with Crippen LogP contribution in [0.15, 0.2) is 84.0 Å². The summed E-state index contributed by atoms with van der Waals surface area (Å²) in [7, 11) is 0. The number of ketones is 1. The van der Waals surface area contributed by atoms with Gasteiger partial charge in [0.05, 0.1) is 37.3 Å². The van der Waals surface area contributed by atoms with Crippen molar-refractivity contribution in [2.24, 2.45) is 34.3 Å². The van der Waals surface area contributed by atoms with Crippen molar-refractivity contribution >= 4 is 23.8 Å². The number of Topliss-reactive ketones (excluding diaryl/α,β-unsaturated/α-hetero) is 1. The molecular formula is C58H84AcNO11-. The zero-order valence-electron chi connectivity index (χ0n) is 43.4. The van der Waals surface area contributed by atoms with Crippen molar-refractivity contribution in [3.8, 4) is 0 Å². The average Bonchev–Trinajstić information content (AvgIpc) is 3.80. The van der Waals surface area contributed by atoms with Crippen LogP contribution in [0.2, 0.25) is 0 Å². The van der Waals surface area contributed by atoms with Gasteiger partial charge in [0, 0.05) is 73.8 Å². The van der Waals surface area contributed by atoms with Crippen molar-refractivity contribution in [2.45, 2.75) is 187 Å². The largest absolute Gasteiger partial charge is 0.505 e. The van der Waals surface area contributed by atoms with Crippen molar-refractivity contribution < 1.29 is 97.1 Å². The zero-order valence-corrected chi connectivity index (χ0v) is 48.1. The van der Waals surface area contributed by atoms with Gasteiger partial charge in [0.25, 0.3) is 0 Å². The number of aliphatic hydroxyl groups excluding tert-OH is 1. The fraction of sp³-hybridized carbons (Fsp3) is 0.638. The third kappa shape index (κ3) is 18.4. The Morgan fingerprint density at radius 1 is 0.831 bits per heavy atom. The Balaban J connectivity index is 0.000000264. The maximum Gasteiger partial charge on any atom is 0.505 e. The molecule has 3 aliphatic carbocycles. The van der Waals surface area contributed by atoms with Crippen molar-refractivity contribution in [3.63, 3.8) is 0 Å². The van der Waals surface area contributed by atoms with Crippen LogP contribution in [0.5, 0.6) is 0 Å². The van der Waals surface area contributed by atoms with Gasteiger partial charge in [0.1, 0.15) is 12.7 Å². The fourth-order valence-corrected chi connectivity index (χ4v) is 10.9. The molecule has 1 amide bonds. The van der Waals surface area contributed by atoms with Crippen molar-refractivity contribution in [1.82, 2.24) is 0 Å². The molecule has 2 aliphatic heterocycles. The Morgan fingerprint density at radius 3 is 2.04 bits per heavy atom. The number of unbranched alkanes of at least 4 members (excludes halogenated alkanes) is 11. The van der Waals surface area contributed by atoms with Crippen LogP contribution < -0.4 is 5.73 Å². The van der Waals surface area contributed by atoms with E-state index >= 15 is 0 Å². The van der Waals surface area contributed by atoms with Gasteiger partial charge >= 0.3 is 12.1 Å². The number of amides is 1. The predicted molar refractivity (Wildman–Crippen MR) is 272 cm³/mol. The van der Waals surface area contributed by atoms with Crippen LogP contribution in [-0.4, -0.2) is 84.6 Å². The van der Waals surface area contributed by atoms with E-state index in [1.54, 1.807) is 30.7 Å². The summed E-state index contributed by atoms with van der Waals surface area (Å²) in [5.41, 5.74) is 7.62. The second-order valence-corrected chi connectivity index (χ2v) is 20.8. The molecule has 7 rings (SSSR count). The van der Waals surface area contributed by atoms with Gasteiger partial charge in [-0.3, -0.25) is 9.59 Å². The van der Waals surface area contributed by atoms with Crippen LogP contribution in [0, 0.1) is 79.1 Å². The molecule has 4 N–H and O–H groups in total. The van der Waals surface area contributed by atoms with Crippen molar-refractivity contribution in [2.75, 3.05) is 19.8 Å². The van der Waals surface area contributed by atoms with Crippen LogP contribution in [0.4, 0.5) is 4.79 Å². The van der Waals surface area contributed by atoms with Gasteiger partial charge in [0.15, 0.2) is 6.29 Å². The minimum Gasteiger partial charge on any atom is -0.476 e. The van der Waals surface area contributed by atoms with Crippen LogP contribution in [0.3, 0.4) is 0 Å². The molecular weight excluding hydrogens is 1110 g/mol. The Hall–Kier alpha value is -3.05. The van der Waals surface area contributed by atoms with E-state index in [0.29, 0.717) is 44.0 Å². The molecule has 2 heterocycles. The number of hydrogen-bond acceptors (Lipinski definition) is 10. The number of allylic oxidation sites excluding steroid dienone is 3.